The number of alkyl halides is 3. The third-order valence-electron chi connectivity index (χ3n) is 7.32. The Morgan fingerprint density at radius 3 is 2.56 bits per heavy atom. The molecule has 10 heteroatoms. The Morgan fingerprint density at radius 2 is 1.88 bits per heavy atom. The van der Waals surface area contributed by atoms with E-state index < -0.39 is 12.1 Å². The lowest BCUT2D eigenvalue weighted by Crippen LogP contribution is -2.43. The van der Waals surface area contributed by atoms with Crippen molar-refractivity contribution in [2.24, 2.45) is 11.8 Å². The normalized spacial score (nSPS) is 26.1. The summed E-state index contributed by atoms with van der Waals surface area (Å²) < 4.78 is 51.3. The van der Waals surface area contributed by atoms with Gasteiger partial charge in [0, 0.05) is 43.8 Å². The van der Waals surface area contributed by atoms with Gasteiger partial charge in [-0.15, -0.1) is 0 Å². The first-order chi connectivity index (χ1) is 16.2. The van der Waals surface area contributed by atoms with Gasteiger partial charge in [0.25, 0.3) is 0 Å². The maximum Gasteiger partial charge on any atom is 0.409 e. The van der Waals surface area contributed by atoms with Gasteiger partial charge in [-0.3, -0.25) is 0 Å². The Labute approximate surface area is 197 Å². The Bertz CT molecular complexity index is 1000. The number of aryl methyl sites for hydroxylation is 1. The van der Waals surface area contributed by atoms with E-state index >= 15 is 0 Å². The molecule has 1 aliphatic heterocycles. The van der Waals surface area contributed by atoms with Crippen LogP contribution in [0, 0.1) is 18.8 Å². The highest BCUT2D eigenvalue weighted by Gasteiger charge is 2.42. The highest BCUT2D eigenvalue weighted by atomic mass is 19.4. The number of carbonyl (C=O) groups excluding carboxylic acids is 1. The van der Waals surface area contributed by atoms with Crippen LogP contribution in [-0.2, 0) is 9.47 Å². The molecule has 3 heterocycles. The fourth-order valence-electron chi connectivity index (χ4n) is 5.25. The van der Waals surface area contributed by atoms with Crippen LogP contribution in [0.2, 0.25) is 0 Å². The number of hydrogen-bond acceptors (Lipinski definition) is 5. The van der Waals surface area contributed by atoms with Crippen molar-refractivity contribution in [2.75, 3.05) is 33.4 Å². The molecule has 0 unspecified atom stereocenters. The van der Waals surface area contributed by atoms with E-state index in [0.29, 0.717) is 44.1 Å². The summed E-state index contributed by atoms with van der Waals surface area (Å²) in [4.78, 5) is 18.9. The van der Waals surface area contributed by atoms with Gasteiger partial charge in [0.05, 0.1) is 23.9 Å². The summed E-state index contributed by atoms with van der Waals surface area (Å²) in [6.45, 7) is 5.80. The van der Waals surface area contributed by atoms with Crippen LogP contribution in [0.3, 0.4) is 0 Å². The van der Waals surface area contributed by atoms with E-state index in [4.69, 9.17) is 14.6 Å². The molecular weight excluding hydrogens is 449 g/mol. The molecule has 0 aromatic carbocycles. The third-order valence-corrected chi connectivity index (χ3v) is 7.32. The zero-order valence-corrected chi connectivity index (χ0v) is 20.0. The zero-order chi connectivity index (χ0) is 24.5. The first kappa shape index (κ1) is 24.8. The van der Waals surface area contributed by atoms with Gasteiger partial charge in [-0.05, 0) is 51.0 Å². The number of halogens is 3. The van der Waals surface area contributed by atoms with E-state index in [-0.39, 0.29) is 37.4 Å². The molecule has 0 N–H and O–H groups in total. The van der Waals surface area contributed by atoms with Crippen molar-refractivity contribution in [3.05, 3.63) is 29.2 Å². The molecular formula is C24H33F3N4O3. The van der Waals surface area contributed by atoms with Gasteiger partial charge >= 0.3 is 12.3 Å². The highest BCUT2D eigenvalue weighted by molar-refractivity contribution is 5.68. The highest BCUT2D eigenvalue weighted by Crippen LogP contribution is 2.43. The molecule has 1 amide bonds. The number of rotatable bonds is 5. The minimum atomic E-state index is -4.12. The molecule has 2 atom stereocenters. The number of piperidine rings is 1. The van der Waals surface area contributed by atoms with Gasteiger partial charge < -0.3 is 14.4 Å². The predicted molar refractivity (Wildman–Crippen MR) is 120 cm³/mol. The van der Waals surface area contributed by atoms with Gasteiger partial charge in [-0.1, -0.05) is 6.92 Å². The standard InChI is InChI=1S/C24H33F3N4O3/c1-15-8-9-30(23(32)34-11-10-33-3)14-19(15)21-12-16(2)28-22-13-20(29-31(21)22)17-4-6-18(7-5-17)24(25,26)27/h12-13,15,17-19H,4-11,14H2,1-3H3/t15-,17?,18?,19-/m1/s1. The van der Waals surface area contributed by atoms with Crippen molar-refractivity contribution in [1.29, 1.82) is 0 Å². The number of ether oxygens (including phenoxy) is 2. The van der Waals surface area contributed by atoms with E-state index in [0.717, 1.165) is 23.5 Å². The van der Waals surface area contributed by atoms with Crippen LogP contribution >= 0.6 is 0 Å². The van der Waals surface area contributed by atoms with Gasteiger partial charge in [-0.2, -0.15) is 18.3 Å². The van der Waals surface area contributed by atoms with Crippen molar-refractivity contribution < 1.29 is 27.4 Å². The topological polar surface area (TPSA) is 69.0 Å². The number of fused-ring (bicyclic) bond motifs is 1. The number of hydrogen-bond donors (Lipinski definition) is 0. The van der Waals surface area contributed by atoms with Crippen LogP contribution in [0.25, 0.3) is 5.65 Å². The second kappa shape index (κ2) is 10.1. The first-order valence-electron chi connectivity index (χ1n) is 12.0. The van der Waals surface area contributed by atoms with Crippen LogP contribution < -0.4 is 0 Å². The number of methoxy groups -OCH3 is 1. The van der Waals surface area contributed by atoms with Gasteiger partial charge in [0.15, 0.2) is 5.65 Å². The number of carbonyl (C=O) groups is 1. The molecule has 2 aromatic rings. The Balaban J connectivity index is 1.55. The van der Waals surface area contributed by atoms with E-state index in [1.807, 2.05) is 23.6 Å². The van der Waals surface area contributed by atoms with Crippen molar-refractivity contribution >= 4 is 11.7 Å². The Morgan fingerprint density at radius 1 is 1.15 bits per heavy atom. The van der Waals surface area contributed by atoms with E-state index in [9.17, 15) is 18.0 Å². The summed E-state index contributed by atoms with van der Waals surface area (Å²) in [5, 5.41) is 4.83. The Hall–Kier alpha value is -2.36. The maximum absolute atomic E-state index is 13.1. The molecule has 1 aliphatic carbocycles. The lowest BCUT2D eigenvalue weighted by molar-refractivity contribution is -0.182. The van der Waals surface area contributed by atoms with Crippen molar-refractivity contribution in [3.63, 3.8) is 0 Å². The summed E-state index contributed by atoms with van der Waals surface area (Å²) >= 11 is 0. The molecule has 2 aliphatic rings. The molecule has 0 spiro atoms. The number of likely N-dealkylation sites (tertiary alicyclic amines) is 1. The molecule has 7 nitrogen and oxygen atoms in total. The second-order valence-corrected chi connectivity index (χ2v) is 9.68. The van der Waals surface area contributed by atoms with E-state index in [1.54, 1.807) is 12.0 Å². The van der Waals surface area contributed by atoms with Crippen LogP contribution in [-0.4, -0.2) is 65.2 Å². The summed E-state index contributed by atoms with van der Waals surface area (Å²) in [6.07, 6.45) is -2.40. The summed E-state index contributed by atoms with van der Waals surface area (Å²) in [6, 6.07) is 3.92. The number of aromatic nitrogens is 3. The molecule has 34 heavy (non-hydrogen) atoms. The lowest BCUT2D eigenvalue weighted by atomic mass is 9.80. The minimum Gasteiger partial charge on any atom is -0.447 e. The summed E-state index contributed by atoms with van der Waals surface area (Å²) in [5.74, 6) is -0.844. The molecule has 1 saturated carbocycles. The third kappa shape index (κ3) is 5.31. The average Bonchev–Trinajstić information content (AvgIpc) is 3.22. The van der Waals surface area contributed by atoms with E-state index in [2.05, 4.69) is 11.9 Å². The zero-order valence-electron chi connectivity index (χ0n) is 20.0. The maximum atomic E-state index is 13.1. The smallest absolute Gasteiger partial charge is 0.409 e. The van der Waals surface area contributed by atoms with Crippen LogP contribution in [0.1, 0.15) is 67.9 Å². The van der Waals surface area contributed by atoms with Crippen molar-refractivity contribution in [2.45, 2.75) is 64.0 Å². The minimum absolute atomic E-state index is 0.00416. The van der Waals surface area contributed by atoms with Gasteiger partial charge in [-0.25, -0.2) is 14.3 Å². The van der Waals surface area contributed by atoms with Gasteiger partial charge in [0.2, 0.25) is 0 Å². The summed E-state index contributed by atoms with van der Waals surface area (Å²) in [5.41, 5.74) is 3.33. The average molecular weight is 483 g/mol. The van der Waals surface area contributed by atoms with Crippen LogP contribution in [0.4, 0.5) is 18.0 Å². The largest absolute Gasteiger partial charge is 0.447 e. The molecule has 2 fully saturated rings. The molecule has 188 valence electrons. The van der Waals surface area contributed by atoms with Crippen LogP contribution in [0.5, 0.6) is 0 Å². The predicted octanol–water partition coefficient (Wildman–Crippen LogP) is 5.08. The monoisotopic (exact) mass is 482 g/mol. The molecule has 4 rings (SSSR count). The fourth-order valence-corrected chi connectivity index (χ4v) is 5.25. The van der Waals surface area contributed by atoms with Crippen LogP contribution in [0.15, 0.2) is 12.1 Å². The number of amides is 1. The van der Waals surface area contributed by atoms with E-state index in [1.165, 1.54) is 0 Å². The van der Waals surface area contributed by atoms with Crippen molar-refractivity contribution in [3.8, 4) is 0 Å². The first-order valence-corrected chi connectivity index (χ1v) is 12.0. The molecule has 0 bridgehead atoms. The summed E-state index contributed by atoms with van der Waals surface area (Å²) in [7, 11) is 1.56. The number of nitrogens with zero attached hydrogens (tertiary/aromatic N) is 4. The molecule has 2 aromatic heterocycles. The van der Waals surface area contributed by atoms with Crippen molar-refractivity contribution in [1.82, 2.24) is 19.5 Å². The second-order valence-electron chi connectivity index (χ2n) is 9.68. The lowest BCUT2D eigenvalue weighted by Gasteiger charge is -2.36. The molecule has 0 radical (unpaired) electrons. The Kier molecular flexibility index (Phi) is 7.35. The quantitative estimate of drug-likeness (QED) is 0.556. The molecule has 1 saturated heterocycles. The fraction of sp³-hybridized carbons (Fsp3) is 0.708. The SMILES string of the molecule is COCCOC(=O)N1CC[C@@H](C)[C@H](c2cc(C)nc3cc(C4CCC(C(F)(F)F)CC4)nn23)C1. The van der Waals surface area contributed by atoms with Gasteiger partial charge in [0.1, 0.15) is 6.61 Å².